The van der Waals surface area contributed by atoms with Crippen molar-refractivity contribution in [3.63, 3.8) is 0 Å². The smallest absolute Gasteiger partial charge is 0.266 e. The van der Waals surface area contributed by atoms with Crippen molar-refractivity contribution in [2.75, 3.05) is 67.3 Å². The molecular formula is C26H24ClN3O4. The first-order chi connectivity index (χ1) is 16.6. The van der Waals surface area contributed by atoms with Gasteiger partial charge in [-0.2, -0.15) is 0 Å². The first kappa shape index (κ1) is 21.4. The quantitative estimate of drug-likeness (QED) is 0.532. The number of carbonyl (C=O) groups is 2. The van der Waals surface area contributed by atoms with Gasteiger partial charge < -0.3 is 19.3 Å². The van der Waals surface area contributed by atoms with Gasteiger partial charge in [-0.1, -0.05) is 23.7 Å². The average molecular weight is 478 g/mol. The van der Waals surface area contributed by atoms with Crippen molar-refractivity contribution in [3.8, 4) is 0 Å². The lowest BCUT2D eigenvalue weighted by Crippen LogP contribution is -2.42. The molecule has 0 N–H and O–H groups in total. The highest BCUT2D eigenvalue weighted by atomic mass is 35.5. The number of nitrogens with zero attached hydrogens (tertiary/aromatic N) is 3. The van der Waals surface area contributed by atoms with Gasteiger partial charge in [0, 0.05) is 59.5 Å². The second kappa shape index (κ2) is 8.58. The maximum Gasteiger partial charge on any atom is 0.266 e. The lowest BCUT2D eigenvalue weighted by Gasteiger charge is -2.36. The van der Waals surface area contributed by atoms with Gasteiger partial charge >= 0.3 is 0 Å². The summed E-state index contributed by atoms with van der Waals surface area (Å²) in [5.74, 6) is -0.716. The Kier molecular flexibility index (Phi) is 5.40. The molecule has 0 unspecified atom stereocenters. The molecule has 0 spiro atoms. The van der Waals surface area contributed by atoms with Crippen molar-refractivity contribution in [3.05, 3.63) is 64.7 Å². The number of benzene rings is 3. The van der Waals surface area contributed by atoms with E-state index in [-0.39, 0.29) is 11.8 Å². The fourth-order valence-electron chi connectivity index (χ4n) is 5.14. The van der Waals surface area contributed by atoms with Crippen LogP contribution in [0.25, 0.3) is 10.8 Å². The minimum absolute atomic E-state index is 0.358. The van der Waals surface area contributed by atoms with Crippen LogP contribution in [0.5, 0.6) is 0 Å². The van der Waals surface area contributed by atoms with Gasteiger partial charge in [0.15, 0.2) is 0 Å². The summed E-state index contributed by atoms with van der Waals surface area (Å²) in [5.41, 5.74) is 3.47. The highest BCUT2D eigenvalue weighted by molar-refractivity contribution is 6.41. The first-order valence-corrected chi connectivity index (χ1v) is 11.9. The SMILES string of the molecule is O=C1c2ccc(N3CCOCC3)c3c(N4CCOCC4)ccc(c23)C(=O)N1c1ccccc1Cl. The molecule has 3 heterocycles. The van der Waals surface area contributed by atoms with E-state index in [4.69, 9.17) is 21.1 Å². The molecule has 2 fully saturated rings. The Morgan fingerprint density at radius 3 is 1.62 bits per heavy atom. The van der Waals surface area contributed by atoms with Crippen LogP contribution in [0.4, 0.5) is 17.1 Å². The van der Waals surface area contributed by atoms with Gasteiger partial charge in [0.05, 0.1) is 37.1 Å². The van der Waals surface area contributed by atoms with Gasteiger partial charge in [0.25, 0.3) is 11.8 Å². The maximum atomic E-state index is 13.7. The first-order valence-electron chi connectivity index (χ1n) is 11.5. The molecule has 2 saturated heterocycles. The van der Waals surface area contributed by atoms with Gasteiger partial charge in [-0.3, -0.25) is 9.59 Å². The van der Waals surface area contributed by atoms with Crippen molar-refractivity contribution in [2.24, 2.45) is 0 Å². The molecule has 0 aromatic heterocycles. The normalized spacial score (nSPS) is 18.7. The van der Waals surface area contributed by atoms with Crippen LogP contribution in [-0.2, 0) is 9.47 Å². The van der Waals surface area contributed by atoms with Crippen LogP contribution in [-0.4, -0.2) is 64.4 Å². The molecular weight excluding hydrogens is 454 g/mol. The number of amides is 2. The van der Waals surface area contributed by atoms with E-state index in [1.165, 1.54) is 4.90 Å². The Hall–Kier alpha value is -3.13. The molecule has 0 saturated carbocycles. The molecule has 0 bridgehead atoms. The van der Waals surface area contributed by atoms with Gasteiger partial charge in [0.1, 0.15) is 0 Å². The van der Waals surface area contributed by atoms with E-state index in [2.05, 4.69) is 9.80 Å². The van der Waals surface area contributed by atoms with E-state index >= 15 is 0 Å². The summed E-state index contributed by atoms with van der Waals surface area (Å²) in [4.78, 5) is 33.2. The molecule has 3 aliphatic heterocycles. The lowest BCUT2D eigenvalue weighted by atomic mass is 9.90. The second-order valence-corrected chi connectivity index (χ2v) is 9.02. The molecule has 0 atom stereocenters. The van der Waals surface area contributed by atoms with E-state index in [0.29, 0.717) is 53.7 Å². The molecule has 2 amide bonds. The third-order valence-corrected chi connectivity index (χ3v) is 7.10. The van der Waals surface area contributed by atoms with Crippen LogP contribution >= 0.6 is 11.6 Å². The molecule has 8 heteroatoms. The van der Waals surface area contributed by atoms with E-state index in [0.717, 1.165) is 42.9 Å². The number of carbonyl (C=O) groups excluding carboxylic acids is 2. The van der Waals surface area contributed by atoms with Crippen molar-refractivity contribution in [1.29, 1.82) is 0 Å². The Balaban J connectivity index is 1.58. The Morgan fingerprint density at radius 2 is 1.12 bits per heavy atom. The maximum absolute atomic E-state index is 13.7. The predicted molar refractivity (Wildman–Crippen MR) is 133 cm³/mol. The fourth-order valence-corrected chi connectivity index (χ4v) is 5.36. The zero-order valence-corrected chi connectivity index (χ0v) is 19.4. The molecule has 0 aliphatic carbocycles. The van der Waals surface area contributed by atoms with E-state index in [1.54, 1.807) is 24.3 Å². The number of rotatable bonds is 3. The lowest BCUT2D eigenvalue weighted by molar-refractivity contribution is 0.0893. The van der Waals surface area contributed by atoms with Crippen LogP contribution in [0, 0.1) is 0 Å². The van der Waals surface area contributed by atoms with Crippen molar-refractivity contribution in [2.45, 2.75) is 0 Å². The zero-order valence-electron chi connectivity index (χ0n) is 18.6. The third kappa shape index (κ3) is 3.35. The van der Waals surface area contributed by atoms with Crippen LogP contribution in [0.3, 0.4) is 0 Å². The van der Waals surface area contributed by atoms with Crippen LogP contribution in [0.15, 0.2) is 48.5 Å². The minimum atomic E-state index is -0.358. The van der Waals surface area contributed by atoms with E-state index in [9.17, 15) is 9.59 Å². The molecule has 0 radical (unpaired) electrons. The summed E-state index contributed by atoms with van der Waals surface area (Å²) in [6.45, 7) is 5.62. The standard InChI is InChI=1S/C26H24ClN3O4/c27-19-3-1-2-4-20(19)30-25(31)17-5-7-21(28-9-13-33-14-10-28)24-22(29-11-15-34-16-12-29)8-6-18(23(17)24)26(30)32/h1-8H,9-16H2. The van der Waals surface area contributed by atoms with Gasteiger partial charge in [-0.15, -0.1) is 0 Å². The molecule has 3 aromatic rings. The number of halogens is 1. The zero-order chi connectivity index (χ0) is 23.2. The molecule has 3 aliphatic rings. The third-order valence-electron chi connectivity index (χ3n) is 6.78. The van der Waals surface area contributed by atoms with Crippen molar-refractivity contribution < 1.29 is 19.1 Å². The van der Waals surface area contributed by atoms with Gasteiger partial charge in [0.2, 0.25) is 0 Å². The summed E-state index contributed by atoms with van der Waals surface area (Å²) < 4.78 is 11.1. The Labute approximate surface area is 202 Å². The highest BCUT2D eigenvalue weighted by Gasteiger charge is 2.37. The van der Waals surface area contributed by atoms with Crippen LogP contribution < -0.4 is 14.7 Å². The number of imide groups is 1. The average Bonchev–Trinajstić information content (AvgIpc) is 2.89. The summed E-state index contributed by atoms with van der Waals surface area (Å²) in [6, 6.07) is 14.6. The molecule has 7 nitrogen and oxygen atoms in total. The summed E-state index contributed by atoms with van der Waals surface area (Å²) >= 11 is 6.39. The molecule has 3 aromatic carbocycles. The number of ether oxygens (including phenoxy) is 2. The van der Waals surface area contributed by atoms with Crippen molar-refractivity contribution >= 4 is 51.2 Å². The summed E-state index contributed by atoms with van der Waals surface area (Å²) in [5, 5.41) is 2.02. The minimum Gasteiger partial charge on any atom is -0.378 e. The Bertz CT molecular complexity index is 1230. The summed E-state index contributed by atoms with van der Waals surface area (Å²) in [6.07, 6.45) is 0. The number of anilines is 3. The number of morpholine rings is 2. The number of hydrogen-bond acceptors (Lipinski definition) is 6. The molecule has 174 valence electrons. The predicted octanol–water partition coefficient (Wildman–Crippen LogP) is 3.97. The van der Waals surface area contributed by atoms with Gasteiger partial charge in [-0.25, -0.2) is 4.90 Å². The Morgan fingerprint density at radius 1 is 0.618 bits per heavy atom. The second-order valence-electron chi connectivity index (χ2n) is 8.61. The number of para-hydroxylation sites is 1. The molecule has 34 heavy (non-hydrogen) atoms. The van der Waals surface area contributed by atoms with Crippen LogP contribution in [0.1, 0.15) is 20.7 Å². The van der Waals surface area contributed by atoms with E-state index < -0.39 is 0 Å². The largest absolute Gasteiger partial charge is 0.378 e. The molecule has 6 rings (SSSR count). The number of hydrogen-bond donors (Lipinski definition) is 0. The van der Waals surface area contributed by atoms with Crippen molar-refractivity contribution in [1.82, 2.24) is 0 Å². The topological polar surface area (TPSA) is 62.3 Å². The fraction of sp³-hybridized carbons (Fsp3) is 0.308. The van der Waals surface area contributed by atoms with E-state index in [1.807, 2.05) is 24.3 Å². The monoisotopic (exact) mass is 477 g/mol. The van der Waals surface area contributed by atoms with Crippen LogP contribution in [0.2, 0.25) is 5.02 Å². The highest BCUT2D eigenvalue weighted by Crippen LogP contribution is 2.43. The van der Waals surface area contributed by atoms with Gasteiger partial charge in [-0.05, 0) is 36.4 Å². The summed E-state index contributed by atoms with van der Waals surface area (Å²) in [7, 11) is 0.